The maximum absolute atomic E-state index is 12.8. The van der Waals surface area contributed by atoms with E-state index in [-0.39, 0.29) is 23.8 Å². The number of nitrogens with zero attached hydrogens (tertiary/aromatic N) is 1. The highest BCUT2D eigenvalue weighted by molar-refractivity contribution is 6.11. The largest absolute Gasteiger partial charge is 0.349 e. The zero-order chi connectivity index (χ0) is 18.8. The molecule has 1 saturated heterocycles. The summed E-state index contributed by atoms with van der Waals surface area (Å²) in [6.07, 6.45) is 3.35. The van der Waals surface area contributed by atoms with E-state index in [4.69, 9.17) is 0 Å². The van der Waals surface area contributed by atoms with Crippen molar-refractivity contribution in [2.24, 2.45) is 0 Å². The molecule has 0 aromatic heterocycles. The molecular weight excluding hydrogens is 342 g/mol. The SMILES string of the molecule is O=C(NC1CC1)c1cccc(NC(=O)c2ccccc2N2CCCC2=O)c1. The number of nitrogens with one attached hydrogen (secondary N) is 2. The van der Waals surface area contributed by atoms with Gasteiger partial charge in [-0.05, 0) is 49.6 Å². The number of hydrogen-bond acceptors (Lipinski definition) is 3. The molecule has 0 unspecified atom stereocenters. The summed E-state index contributed by atoms with van der Waals surface area (Å²) < 4.78 is 0. The lowest BCUT2D eigenvalue weighted by Gasteiger charge is -2.19. The number of carbonyl (C=O) groups is 3. The van der Waals surface area contributed by atoms with Crippen molar-refractivity contribution in [3.05, 3.63) is 59.7 Å². The fourth-order valence-electron chi connectivity index (χ4n) is 3.24. The Morgan fingerprint density at radius 2 is 1.81 bits per heavy atom. The van der Waals surface area contributed by atoms with Gasteiger partial charge in [-0.15, -0.1) is 0 Å². The lowest BCUT2D eigenvalue weighted by molar-refractivity contribution is -0.117. The van der Waals surface area contributed by atoms with Gasteiger partial charge < -0.3 is 15.5 Å². The standard InChI is InChI=1S/C21H21N3O3/c25-19-9-4-12-24(19)18-8-2-1-7-17(18)21(27)23-16-6-3-5-14(13-16)20(26)22-15-10-11-15/h1-3,5-8,13,15H,4,9-12H2,(H,22,26)(H,23,27). The molecule has 0 bridgehead atoms. The van der Waals surface area contributed by atoms with Crippen molar-refractivity contribution < 1.29 is 14.4 Å². The quantitative estimate of drug-likeness (QED) is 0.857. The molecular formula is C21H21N3O3. The average Bonchev–Trinajstić information content (AvgIpc) is 3.39. The van der Waals surface area contributed by atoms with E-state index in [0.29, 0.717) is 35.5 Å². The first-order valence-electron chi connectivity index (χ1n) is 9.23. The van der Waals surface area contributed by atoms with Gasteiger partial charge in [0.2, 0.25) is 5.91 Å². The van der Waals surface area contributed by atoms with Crippen LogP contribution in [0.25, 0.3) is 0 Å². The second kappa shape index (κ2) is 7.23. The molecule has 2 aromatic rings. The Morgan fingerprint density at radius 3 is 2.56 bits per heavy atom. The molecule has 1 heterocycles. The van der Waals surface area contributed by atoms with E-state index < -0.39 is 0 Å². The van der Waals surface area contributed by atoms with E-state index in [0.717, 1.165) is 19.3 Å². The molecule has 2 fully saturated rings. The molecule has 1 aliphatic carbocycles. The van der Waals surface area contributed by atoms with Crippen LogP contribution in [0.1, 0.15) is 46.4 Å². The minimum Gasteiger partial charge on any atom is -0.349 e. The van der Waals surface area contributed by atoms with E-state index in [1.54, 1.807) is 47.4 Å². The third-order valence-corrected chi connectivity index (χ3v) is 4.81. The van der Waals surface area contributed by atoms with Crippen molar-refractivity contribution in [3.63, 3.8) is 0 Å². The van der Waals surface area contributed by atoms with Gasteiger partial charge in [0.15, 0.2) is 0 Å². The fraction of sp³-hybridized carbons (Fsp3) is 0.286. The number of para-hydroxylation sites is 1. The fourth-order valence-corrected chi connectivity index (χ4v) is 3.24. The van der Waals surface area contributed by atoms with Crippen LogP contribution in [0.2, 0.25) is 0 Å². The van der Waals surface area contributed by atoms with Crippen LogP contribution in [0.3, 0.4) is 0 Å². The summed E-state index contributed by atoms with van der Waals surface area (Å²) in [5.74, 6) is -0.393. The van der Waals surface area contributed by atoms with Crippen LogP contribution in [0.15, 0.2) is 48.5 Å². The van der Waals surface area contributed by atoms with Crippen LogP contribution in [0, 0.1) is 0 Å². The molecule has 2 aliphatic rings. The molecule has 6 nitrogen and oxygen atoms in total. The van der Waals surface area contributed by atoms with Gasteiger partial charge in [0, 0.05) is 30.3 Å². The zero-order valence-electron chi connectivity index (χ0n) is 14.9. The Kier molecular flexibility index (Phi) is 4.62. The Morgan fingerprint density at radius 1 is 1.00 bits per heavy atom. The Labute approximate surface area is 157 Å². The molecule has 0 radical (unpaired) electrons. The number of hydrogen-bond donors (Lipinski definition) is 2. The average molecular weight is 363 g/mol. The molecule has 0 atom stereocenters. The third kappa shape index (κ3) is 3.84. The van der Waals surface area contributed by atoms with Crippen LogP contribution < -0.4 is 15.5 Å². The van der Waals surface area contributed by atoms with Gasteiger partial charge in [0.05, 0.1) is 11.3 Å². The first-order chi connectivity index (χ1) is 13.1. The second-order valence-corrected chi connectivity index (χ2v) is 6.95. The summed E-state index contributed by atoms with van der Waals surface area (Å²) in [5.41, 5.74) is 2.13. The van der Waals surface area contributed by atoms with E-state index >= 15 is 0 Å². The summed E-state index contributed by atoms with van der Waals surface area (Å²) in [4.78, 5) is 38.7. The highest BCUT2D eigenvalue weighted by Crippen LogP contribution is 2.26. The number of carbonyl (C=O) groups excluding carboxylic acids is 3. The Balaban J connectivity index is 1.53. The van der Waals surface area contributed by atoms with Crippen LogP contribution in [-0.4, -0.2) is 30.3 Å². The van der Waals surface area contributed by atoms with Crippen LogP contribution in [-0.2, 0) is 4.79 Å². The maximum atomic E-state index is 12.8. The van der Waals surface area contributed by atoms with Gasteiger partial charge in [-0.1, -0.05) is 18.2 Å². The maximum Gasteiger partial charge on any atom is 0.257 e. The Bertz CT molecular complexity index is 905. The molecule has 6 heteroatoms. The topological polar surface area (TPSA) is 78.5 Å². The van der Waals surface area contributed by atoms with E-state index in [1.807, 2.05) is 6.07 Å². The molecule has 4 rings (SSSR count). The number of benzene rings is 2. The third-order valence-electron chi connectivity index (χ3n) is 4.81. The molecule has 1 aliphatic heterocycles. The van der Waals surface area contributed by atoms with Crippen LogP contribution >= 0.6 is 0 Å². The van der Waals surface area contributed by atoms with Gasteiger partial charge in [-0.2, -0.15) is 0 Å². The summed E-state index contributed by atoms with van der Waals surface area (Å²) >= 11 is 0. The van der Waals surface area contributed by atoms with Crippen molar-refractivity contribution in [2.45, 2.75) is 31.7 Å². The van der Waals surface area contributed by atoms with Gasteiger partial charge in [-0.3, -0.25) is 14.4 Å². The molecule has 1 saturated carbocycles. The first kappa shape index (κ1) is 17.3. The summed E-state index contributed by atoms with van der Waals surface area (Å²) in [7, 11) is 0. The summed E-state index contributed by atoms with van der Waals surface area (Å²) in [6, 6.07) is 14.3. The predicted octanol–water partition coefficient (Wildman–Crippen LogP) is 2.96. The Hall–Kier alpha value is -3.15. The minimum atomic E-state index is -0.301. The number of anilines is 2. The van der Waals surface area contributed by atoms with Crippen molar-refractivity contribution in [3.8, 4) is 0 Å². The van der Waals surface area contributed by atoms with Crippen molar-refractivity contribution in [2.75, 3.05) is 16.8 Å². The number of amides is 3. The lowest BCUT2D eigenvalue weighted by Crippen LogP contribution is -2.27. The zero-order valence-corrected chi connectivity index (χ0v) is 14.9. The smallest absolute Gasteiger partial charge is 0.257 e. The second-order valence-electron chi connectivity index (χ2n) is 6.95. The molecule has 2 aromatic carbocycles. The monoisotopic (exact) mass is 363 g/mol. The van der Waals surface area contributed by atoms with Gasteiger partial charge >= 0.3 is 0 Å². The van der Waals surface area contributed by atoms with E-state index in [2.05, 4.69) is 10.6 Å². The normalized spacial score (nSPS) is 16.3. The van der Waals surface area contributed by atoms with Crippen LogP contribution in [0.4, 0.5) is 11.4 Å². The van der Waals surface area contributed by atoms with E-state index in [1.165, 1.54) is 0 Å². The van der Waals surface area contributed by atoms with Crippen molar-refractivity contribution in [1.82, 2.24) is 5.32 Å². The highest BCUT2D eigenvalue weighted by atomic mass is 16.2. The summed E-state index contributed by atoms with van der Waals surface area (Å²) in [5, 5.41) is 5.78. The summed E-state index contributed by atoms with van der Waals surface area (Å²) in [6.45, 7) is 0.625. The minimum absolute atomic E-state index is 0.0361. The van der Waals surface area contributed by atoms with Gasteiger partial charge in [0.1, 0.15) is 0 Å². The first-order valence-corrected chi connectivity index (χ1v) is 9.23. The van der Waals surface area contributed by atoms with Gasteiger partial charge in [-0.25, -0.2) is 0 Å². The predicted molar refractivity (Wildman–Crippen MR) is 103 cm³/mol. The van der Waals surface area contributed by atoms with E-state index in [9.17, 15) is 14.4 Å². The van der Waals surface area contributed by atoms with Crippen LogP contribution in [0.5, 0.6) is 0 Å². The molecule has 0 spiro atoms. The number of rotatable bonds is 5. The molecule has 27 heavy (non-hydrogen) atoms. The van der Waals surface area contributed by atoms with Gasteiger partial charge in [0.25, 0.3) is 11.8 Å². The van der Waals surface area contributed by atoms with Crippen molar-refractivity contribution in [1.29, 1.82) is 0 Å². The lowest BCUT2D eigenvalue weighted by atomic mass is 10.1. The molecule has 3 amide bonds. The van der Waals surface area contributed by atoms with Crippen molar-refractivity contribution >= 4 is 29.1 Å². The molecule has 2 N–H and O–H groups in total. The molecule has 138 valence electrons. The highest BCUT2D eigenvalue weighted by Gasteiger charge is 2.26.